The Kier molecular flexibility index (Phi) is 5.59. The molecular weight excluding hydrogens is 354 g/mol. The Bertz CT molecular complexity index is 1000. The molecule has 6 nitrogen and oxygen atoms in total. The first kappa shape index (κ1) is 19.4. The molecule has 3 rings (SSSR count). The molecule has 0 spiro atoms. The second kappa shape index (κ2) is 8.08. The molecule has 1 aromatic heterocycles. The maximum absolute atomic E-state index is 12.4. The molecule has 0 radical (unpaired) electrons. The zero-order valence-electron chi connectivity index (χ0n) is 16.4. The number of hydrogen-bond acceptors (Lipinski definition) is 4. The summed E-state index contributed by atoms with van der Waals surface area (Å²) in [4.78, 5) is 24.8. The van der Waals surface area contributed by atoms with E-state index >= 15 is 0 Å². The van der Waals surface area contributed by atoms with Crippen LogP contribution in [0.15, 0.2) is 48.5 Å². The fourth-order valence-electron chi connectivity index (χ4n) is 3.24. The van der Waals surface area contributed by atoms with Gasteiger partial charge in [0.2, 0.25) is 0 Å². The van der Waals surface area contributed by atoms with Crippen LogP contribution in [0.2, 0.25) is 0 Å². The number of carbonyl (C=O) groups excluding carboxylic acids is 2. The van der Waals surface area contributed by atoms with Crippen molar-refractivity contribution in [1.29, 1.82) is 0 Å². The van der Waals surface area contributed by atoms with E-state index in [4.69, 9.17) is 4.74 Å². The first-order chi connectivity index (χ1) is 13.3. The summed E-state index contributed by atoms with van der Waals surface area (Å²) in [6.07, 6.45) is 0. The highest BCUT2D eigenvalue weighted by Crippen LogP contribution is 2.18. The Morgan fingerprint density at radius 2 is 1.64 bits per heavy atom. The van der Waals surface area contributed by atoms with Crippen molar-refractivity contribution in [2.24, 2.45) is 0 Å². The van der Waals surface area contributed by atoms with Crippen LogP contribution in [0.25, 0.3) is 5.69 Å². The standard InChI is InChI=1S/C22H23N3O3/c1-14-10-15(2)21(16(3)11-14)22(27)28-13-20(26)23-19-12-17(4)24-25(19)18-8-6-5-7-9-18/h5-12H,13H2,1-4H3,(H,23,26). The molecule has 1 N–H and O–H groups in total. The molecule has 6 heteroatoms. The van der Waals surface area contributed by atoms with Gasteiger partial charge in [-0.3, -0.25) is 4.79 Å². The lowest BCUT2D eigenvalue weighted by atomic mass is 10.00. The van der Waals surface area contributed by atoms with Gasteiger partial charge in [-0.25, -0.2) is 9.48 Å². The van der Waals surface area contributed by atoms with Crippen molar-refractivity contribution in [2.75, 3.05) is 11.9 Å². The van der Waals surface area contributed by atoms with Crippen molar-refractivity contribution in [3.05, 3.63) is 76.5 Å². The van der Waals surface area contributed by atoms with Gasteiger partial charge in [-0.2, -0.15) is 5.10 Å². The van der Waals surface area contributed by atoms with E-state index in [-0.39, 0.29) is 6.61 Å². The predicted octanol–water partition coefficient (Wildman–Crippen LogP) is 3.90. The minimum atomic E-state index is -0.502. The molecule has 28 heavy (non-hydrogen) atoms. The Balaban J connectivity index is 1.68. The normalized spacial score (nSPS) is 10.6. The summed E-state index contributed by atoms with van der Waals surface area (Å²) in [5, 5.41) is 7.16. The molecule has 3 aromatic rings. The number of ether oxygens (including phenoxy) is 1. The number of esters is 1. The van der Waals surface area contributed by atoms with E-state index in [1.165, 1.54) is 0 Å². The minimum absolute atomic E-state index is 0.370. The van der Waals surface area contributed by atoms with Crippen LogP contribution in [0.5, 0.6) is 0 Å². The van der Waals surface area contributed by atoms with Crippen molar-refractivity contribution >= 4 is 17.7 Å². The maximum Gasteiger partial charge on any atom is 0.339 e. The molecule has 1 amide bonds. The molecule has 0 bridgehead atoms. The van der Waals surface area contributed by atoms with Crippen molar-refractivity contribution < 1.29 is 14.3 Å². The Hall–Kier alpha value is -3.41. The Morgan fingerprint density at radius 1 is 1.00 bits per heavy atom. The number of anilines is 1. The van der Waals surface area contributed by atoms with Gasteiger partial charge in [0.25, 0.3) is 5.91 Å². The van der Waals surface area contributed by atoms with Gasteiger partial charge in [-0.1, -0.05) is 35.9 Å². The van der Waals surface area contributed by atoms with Gasteiger partial charge in [0.1, 0.15) is 5.82 Å². The number of hydrogen-bond donors (Lipinski definition) is 1. The molecule has 0 aliphatic heterocycles. The molecule has 1 heterocycles. The van der Waals surface area contributed by atoms with Crippen LogP contribution in [0.3, 0.4) is 0 Å². The third-order valence-corrected chi connectivity index (χ3v) is 4.32. The van der Waals surface area contributed by atoms with Gasteiger partial charge < -0.3 is 10.1 Å². The number of carbonyl (C=O) groups is 2. The summed E-state index contributed by atoms with van der Waals surface area (Å²) in [6.45, 7) is 7.17. The van der Waals surface area contributed by atoms with Crippen molar-refractivity contribution in [3.8, 4) is 5.69 Å². The average molecular weight is 377 g/mol. The van der Waals surface area contributed by atoms with Crippen LogP contribution in [0.1, 0.15) is 32.7 Å². The van der Waals surface area contributed by atoms with Gasteiger partial charge in [-0.05, 0) is 51.0 Å². The molecule has 0 unspecified atom stereocenters. The SMILES string of the molecule is Cc1cc(C)c(C(=O)OCC(=O)Nc2cc(C)nn2-c2ccccc2)c(C)c1. The summed E-state index contributed by atoms with van der Waals surface area (Å²) in [5.74, 6) is -0.404. The van der Waals surface area contributed by atoms with E-state index in [2.05, 4.69) is 10.4 Å². The minimum Gasteiger partial charge on any atom is -0.452 e. The van der Waals surface area contributed by atoms with Gasteiger partial charge >= 0.3 is 5.97 Å². The number of nitrogens with zero attached hydrogens (tertiary/aromatic N) is 2. The number of aromatic nitrogens is 2. The monoisotopic (exact) mass is 377 g/mol. The van der Waals surface area contributed by atoms with Crippen LogP contribution >= 0.6 is 0 Å². The van der Waals surface area contributed by atoms with E-state index in [0.29, 0.717) is 11.4 Å². The van der Waals surface area contributed by atoms with E-state index in [9.17, 15) is 9.59 Å². The summed E-state index contributed by atoms with van der Waals surface area (Å²) in [7, 11) is 0. The lowest BCUT2D eigenvalue weighted by molar-refractivity contribution is -0.119. The zero-order valence-corrected chi connectivity index (χ0v) is 16.4. The summed E-state index contributed by atoms with van der Waals surface area (Å²) >= 11 is 0. The first-order valence-corrected chi connectivity index (χ1v) is 9.02. The van der Waals surface area contributed by atoms with E-state index in [1.54, 1.807) is 10.7 Å². The van der Waals surface area contributed by atoms with E-state index in [0.717, 1.165) is 28.1 Å². The fraction of sp³-hybridized carbons (Fsp3) is 0.227. The van der Waals surface area contributed by atoms with E-state index in [1.807, 2.05) is 70.2 Å². The molecule has 0 aliphatic rings. The lowest BCUT2D eigenvalue weighted by Gasteiger charge is -2.12. The molecule has 0 saturated heterocycles. The van der Waals surface area contributed by atoms with Crippen molar-refractivity contribution in [2.45, 2.75) is 27.7 Å². The third-order valence-electron chi connectivity index (χ3n) is 4.32. The fourth-order valence-corrected chi connectivity index (χ4v) is 3.24. The molecule has 0 atom stereocenters. The van der Waals surface area contributed by atoms with Gasteiger partial charge in [-0.15, -0.1) is 0 Å². The highest BCUT2D eigenvalue weighted by Gasteiger charge is 2.17. The maximum atomic E-state index is 12.4. The number of amides is 1. The van der Waals surface area contributed by atoms with Crippen LogP contribution in [-0.4, -0.2) is 28.3 Å². The van der Waals surface area contributed by atoms with Crippen LogP contribution in [-0.2, 0) is 9.53 Å². The Labute approximate surface area is 164 Å². The number of nitrogens with one attached hydrogen (secondary N) is 1. The van der Waals surface area contributed by atoms with Crippen molar-refractivity contribution in [1.82, 2.24) is 9.78 Å². The quantitative estimate of drug-likeness (QED) is 0.685. The lowest BCUT2D eigenvalue weighted by Crippen LogP contribution is -2.23. The second-order valence-corrected chi connectivity index (χ2v) is 6.82. The summed E-state index contributed by atoms with van der Waals surface area (Å²) < 4.78 is 6.88. The highest BCUT2D eigenvalue weighted by molar-refractivity contribution is 5.96. The smallest absolute Gasteiger partial charge is 0.339 e. The predicted molar refractivity (Wildman–Crippen MR) is 108 cm³/mol. The average Bonchev–Trinajstić information content (AvgIpc) is 3.00. The molecule has 2 aromatic carbocycles. The van der Waals surface area contributed by atoms with Crippen LogP contribution in [0, 0.1) is 27.7 Å². The number of benzene rings is 2. The number of aryl methyl sites for hydroxylation is 4. The highest BCUT2D eigenvalue weighted by atomic mass is 16.5. The molecule has 144 valence electrons. The molecular formula is C22H23N3O3. The van der Waals surface area contributed by atoms with Gasteiger partial charge in [0.15, 0.2) is 6.61 Å². The topological polar surface area (TPSA) is 73.2 Å². The van der Waals surface area contributed by atoms with Crippen LogP contribution < -0.4 is 5.32 Å². The number of rotatable bonds is 5. The summed E-state index contributed by atoms with van der Waals surface area (Å²) in [6, 6.07) is 15.1. The molecule has 0 aliphatic carbocycles. The first-order valence-electron chi connectivity index (χ1n) is 9.02. The molecule has 0 saturated carbocycles. The van der Waals surface area contributed by atoms with Crippen LogP contribution in [0.4, 0.5) is 5.82 Å². The number of para-hydroxylation sites is 1. The zero-order chi connectivity index (χ0) is 20.3. The van der Waals surface area contributed by atoms with Gasteiger partial charge in [0, 0.05) is 6.07 Å². The van der Waals surface area contributed by atoms with Crippen molar-refractivity contribution in [3.63, 3.8) is 0 Å². The Morgan fingerprint density at radius 3 is 2.29 bits per heavy atom. The van der Waals surface area contributed by atoms with Gasteiger partial charge in [0.05, 0.1) is 16.9 Å². The second-order valence-electron chi connectivity index (χ2n) is 6.82. The summed E-state index contributed by atoms with van der Waals surface area (Å²) in [5.41, 5.74) is 4.84. The molecule has 0 fully saturated rings. The largest absolute Gasteiger partial charge is 0.452 e. The van der Waals surface area contributed by atoms with E-state index < -0.39 is 11.9 Å². The third kappa shape index (κ3) is 4.28.